The third-order valence-electron chi connectivity index (χ3n) is 6.75. The number of hydrogen-bond acceptors (Lipinski definition) is 8. The van der Waals surface area contributed by atoms with E-state index in [1.807, 2.05) is 0 Å². The van der Waals surface area contributed by atoms with Gasteiger partial charge in [-0.25, -0.2) is 22.8 Å². The molecule has 3 aromatic carbocycles. The molecular weight excluding hydrogens is 642 g/mol. The molecule has 5 rings (SSSR count). The van der Waals surface area contributed by atoms with Crippen LogP contribution >= 0.6 is 0 Å². The second-order valence-electron chi connectivity index (χ2n) is 10.3. The number of nitrogens with zero attached hydrogens (tertiary/aromatic N) is 3. The van der Waals surface area contributed by atoms with E-state index in [1.54, 1.807) is 0 Å². The Labute approximate surface area is 258 Å². The average Bonchev–Trinajstić information content (AvgIpc) is 3.48. The molecular formula is C30H24F6N4O5S. The molecule has 9 nitrogen and oxygen atoms in total. The maximum atomic E-state index is 15.1. The number of aromatic nitrogens is 2. The van der Waals surface area contributed by atoms with Crippen LogP contribution in [0.1, 0.15) is 29.6 Å². The molecule has 46 heavy (non-hydrogen) atoms. The number of nitrogens with two attached hydrogens (primary N) is 1. The highest BCUT2D eigenvalue weighted by molar-refractivity contribution is 7.90. The average molecular weight is 667 g/mol. The molecule has 4 aromatic rings. The van der Waals surface area contributed by atoms with Crippen LogP contribution in [0.5, 0.6) is 11.5 Å². The number of aliphatic hydroxyl groups excluding tert-OH is 1. The number of alkyl halides is 5. The number of aliphatic hydroxyl groups is 1. The second-order valence-corrected chi connectivity index (χ2v) is 12.3. The van der Waals surface area contributed by atoms with E-state index in [4.69, 9.17) is 5.73 Å². The predicted molar refractivity (Wildman–Crippen MR) is 155 cm³/mol. The van der Waals surface area contributed by atoms with Gasteiger partial charge in [-0.15, -0.1) is 8.78 Å². The molecule has 0 amide bonds. The van der Waals surface area contributed by atoms with Crippen molar-refractivity contribution in [1.29, 1.82) is 0 Å². The number of allylic oxidation sites excluding steroid dienone is 2. The van der Waals surface area contributed by atoms with Gasteiger partial charge in [0.15, 0.2) is 27.0 Å². The summed E-state index contributed by atoms with van der Waals surface area (Å²) >= 11 is 0. The first-order valence-corrected chi connectivity index (χ1v) is 15.1. The molecule has 0 aliphatic carbocycles. The SMILES string of the molecule is CC(N)=CC(=Nc1ccc2c(c1)OC(F)(F)O2)c1cc(-c2cc(F)c(CO)c(S(C)(=O)=O)c2)ccc1-n1cc(C(F)(F)F)nc1C. The fourth-order valence-electron chi connectivity index (χ4n) is 4.78. The summed E-state index contributed by atoms with van der Waals surface area (Å²) in [5, 5.41) is 9.61. The minimum atomic E-state index is -4.77. The Morgan fingerprint density at radius 1 is 1.09 bits per heavy atom. The summed E-state index contributed by atoms with van der Waals surface area (Å²) in [6.07, 6.45) is -5.69. The summed E-state index contributed by atoms with van der Waals surface area (Å²) < 4.78 is 118. The summed E-state index contributed by atoms with van der Waals surface area (Å²) in [5.41, 5.74) is 5.16. The van der Waals surface area contributed by atoms with Gasteiger partial charge in [-0.05, 0) is 67.4 Å². The Balaban J connectivity index is 1.78. The summed E-state index contributed by atoms with van der Waals surface area (Å²) in [5.74, 6) is -1.63. The molecule has 1 aliphatic heterocycles. The van der Waals surface area contributed by atoms with Gasteiger partial charge in [0.1, 0.15) is 11.6 Å². The van der Waals surface area contributed by atoms with Crippen LogP contribution in [0.15, 0.2) is 76.4 Å². The van der Waals surface area contributed by atoms with Gasteiger partial charge in [0, 0.05) is 35.3 Å². The van der Waals surface area contributed by atoms with Crippen molar-refractivity contribution < 1.29 is 49.3 Å². The van der Waals surface area contributed by atoms with Crippen molar-refractivity contribution in [2.45, 2.75) is 37.8 Å². The Bertz CT molecular complexity index is 2030. The third-order valence-corrected chi connectivity index (χ3v) is 7.91. The van der Waals surface area contributed by atoms with Gasteiger partial charge in [-0.3, -0.25) is 0 Å². The number of benzene rings is 3. The van der Waals surface area contributed by atoms with E-state index in [9.17, 15) is 35.5 Å². The normalized spacial score (nSPS) is 15.0. The molecule has 1 aliphatic rings. The number of ether oxygens (including phenoxy) is 2. The van der Waals surface area contributed by atoms with Crippen LogP contribution in [0, 0.1) is 12.7 Å². The van der Waals surface area contributed by atoms with E-state index in [2.05, 4.69) is 19.5 Å². The van der Waals surface area contributed by atoms with Crippen molar-refractivity contribution in [1.82, 2.24) is 9.55 Å². The van der Waals surface area contributed by atoms with E-state index in [0.717, 1.165) is 35.2 Å². The lowest BCUT2D eigenvalue weighted by Gasteiger charge is -2.16. The number of hydrogen-bond donors (Lipinski definition) is 2. The minimum absolute atomic E-state index is 0.0277. The Kier molecular flexibility index (Phi) is 8.15. The van der Waals surface area contributed by atoms with Crippen LogP contribution in [-0.2, 0) is 22.6 Å². The smallest absolute Gasteiger partial charge is 0.402 e. The van der Waals surface area contributed by atoms with E-state index >= 15 is 4.39 Å². The molecule has 0 radical (unpaired) electrons. The van der Waals surface area contributed by atoms with E-state index in [0.29, 0.717) is 0 Å². The molecule has 0 saturated carbocycles. The van der Waals surface area contributed by atoms with Gasteiger partial charge in [0.25, 0.3) is 0 Å². The third kappa shape index (κ3) is 6.57. The van der Waals surface area contributed by atoms with E-state index < -0.39 is 50.9 Å². The zero-order valence-electron chi connectivity index (χ0n) is 24.2. The van der Waals surface area contributed by atoms with Gasteiger partial charge in [0.05, 0.1) is 28.6 Å². The standard InChI is InChI=1S/C30H24F6N4O5S/c1-15(37)8-23(39-19-5-7-25-26(12-19)45-30(35,36)44-25)20-9-17(18-10-22(31)21(14-41)27(11-18)46(3,42)43)4-6-24(20)40-13-28(29(32,33)34)38-16(40)2/h4-13,41H,14,37H2,1-3H3. The number of fused-ring (bicyclic) bond motifs is 1. The molecule has 2 heterocycles. The lowest BCUT2D eigenvalue weighted by molar-refractivity contribution is -0.286. The summed E-state index contributed by atoms with van der Waals surface area (Å²) in [4.78, 5) is 7.69. The van der Waals surface area contributed by atoms with Crippen LogP contribution in [0.3, 0.4) is 0 Å². The number of halogens is 6. The molecule has 0 spiro atoms. The Hall–Kier alpha value is -4.83. The zero-order chi connectivity index (χ0) is 33.8. The largest absolute Gasteiger partial charge is 0.586 e. The maximum absolute atomic E-state index is 15.1. The van der Waals surface area contributed by atoms with Crippen molar-refractivity contribution in [2.24, 2.45) is 10.7 Å². The molecule has 0 unspecified atom stereocenters. The molecule has 16 heteroatoms. The van der Waals surface area contributed by atoms with E-state index in [-0.39, 0.29) is 56.8 Å². The van der Waals surface area contributed by atoms with Crippen LogP contribution in [0.2, 0.25) is 0 Å². The minimum Gasteiger partial charge on any atom is -0.402 e. The van der Waals surface area contributed by atoms with Crippen LogP contribution in [0.4, 0.5) is 32.0 Å². The predicted octanol–water partition coefficient (Wildman–Crippen LogP) is 6.21. The van der Waals surface area contributed by atoms with Crippen LogP contribution in [0.25, 0.3) is 16.8 Å². The highest BCUT2D eigenvalue weighted by Crippen LogP contribution is 2.43. The maximum Gasteiger partial charge on any atom is 0.586 e. The van der Waals surface area contributed by atoms with Gasteiger partial charge in [-0.1, -0.05) is 6.07 Å². The van der Waals surface area contributed by atoms with Crippen molar-refractivity contribution in [3.63, 3.8) is 0 Å². The van der Waals surface area contributed by atoms with Crippen molar-refractivity contribution in [3.8, 4) is 28.3 Å². The zero-order valence-corrected chi connectivity index (χ0v) is 25.0. The van der Waals surface area contributed by atoms with Crippen LogP contribution < -0.4 is 15.2 Å². The molecule has 0 saturated heterocycles. The lowest BCUT2D eigenvalue weighted by Crippen LogP contribution is -2.25. The molecule has 0 atom stereocenters. The van der Waals surface area contributed by atoms with Gasteiger partial charge in [-0.2, -0.15) is 13.2 Å². The van der Waals surface area contributed by atoms with Gasteiger partial charge < -0.3 is 24.9 Å². The summed E-state index contributed by atoms with van der Waals surface area (Å²) in [7, 11) is -4.01. The number of sulfone groups is 1. The highest BCUT2D eigenvalue weighted by atomic mass is 32.2. The first-order valence-electron chi connectivity index (χ1n) is 13.2. The molecule has 242 valence electrons. The van der Waals surface area contributed by atoms with Crippen molar-refractivity contribution >= 4 is 21.2 Å². The molecule has 0 bridgehead atoms. The number of rotatable bonds is 7. The molecule has 0 fully saturated rings. The van der Waals surface area contributed by atoms with Gasteiger partial charge in [0.2, 0.25) is 0 Å². The number of aryl methyl sites for hydroxylation is 1. The van der Waals surface area contributed by atoms with Crippen molar-refractivity contribution in [3.05, 3.63) is 95.0 Å². The second kappa shape index (κ2) is 11.5. The number of aliphatic imine (C=N–C) groups is 1. The molecule has 3 N–H and O–H groups in total. The summed E-state index contributed by atoms with van der Waals surface area (Å²) in [6.45, 7) is 1.96. The monoisotopic (exact) mass is 666 g/mol. The van der Waals surface area contributed by atoms with E-state index in [1.165, 1.54) is 50.3 Å². The quantitative estimate of drug-likeness (QED) is 0.177. The number of imidazole rings is 1. The Morgan fingerprint density at radius 3 is 2.39 bits per heavy atom. The fraction of sp³-hybridized carbons (Fsp3) is 0.200. The first-order chi connectivity index (χ1) is 21.4. The van der Waals surface area contributed by atoms with Crippen LogP contribution in [-0.4, -0.2) is 41.3 Å². The molecule has 1 aromatic heterocycles. The highest BCUT2D eigenvalue weighted by Gasteiger charge is 2.43. The lowest BCUT2D eigenvalue weighted by atomic mass is 9.97. The van der Waals surface area contributed by atoms with Gasteiger partial charge >= 0.3 is 12.5 Å². The van der Waals surface area contributed by atoms with Crippen molar-refractivity contribution in [2.75, 3.05) is 6.26 Å². The topological polar surface area (TPSA) is 129 Å². The first kappa shape index (κ1) is 32.6. The summed E-state index contributed by atoms with van der Waals surface area (Å²) in [6, 6.07) is 10.1. The fourth-order valence-corrected chi connectivity index (χ4v) is 5.73. The Morgan fingerprint density at radius 2 is 1.78 bits per heavy atom.